The molecular weight excluding hydrogens is 400 g/mol. The molecule has 2 aliphatic heterocycles. The van der Waals surface area contributed by atoms with Crippen molar-refractivity contribution in [1.29, 1.82) is 0 Å². The first-order valence-electron chi connectivity index (χ1n) is 11.0. The molecule has 7 heteroatoms. The van der Waals surface area contributed by atoms with Crippen molar-refractivity contribution >= 4 is 23.4 Å². The molecule has 3 heterocycles. The molecule has 0 unspecified atom stereocenters. The quantitative estimate of drug-likeness (QED) is 0.743. The summed E-state index contributed by atoms with van der Waals surface area (Å²) in [4.78, 5) is 29.7. The summed E-state index contributed by atoms with van der Waals surface area (Å²) in [6.45, 7) is 3.56. The lowest BCUT2D eigenvalue weighted by Crippen LogP contribution is -2.44. The van der Waals surface area contributed by atoms with Gasteiger partial charge in [-0.25, -0.2) is 0 Å². The van der Waals surface area contributed by atoms with Gasteiger partial charge in [0.05, 0.1) is 18.3 Å². The normalized spacial score (nSPS) is 18.3. The minimum absolute atomic E-state index is 0.0129. The summed E-state index contributed by atoms with van der Waals surface area (Å²) in [5.74, 6) is 0.327. The van der Waals surface area contributed by atoms with Crippen molar-refractivity contribution in [2.75, 3.05) is 26.2 Å². The number of benzene rings is 1. The summed E-state index contributed by atoms with van der Waals surface area (Å²) in [6, 6.07) is 7.64. The van der Waals surface area contributed by atoms with Crippen molar-refractivity contribution < 1.29 is 9.59 Å². The molecule has 2 aliphatic rings. The van der Waals surface area contributed by atoms with Crippen molar-refractivity contribution in [3.05, 3.63) is 52.8 Å². The van der Waals surface area contributed by atoms with Crippen LogP contribution in [0.4, 0.5) is 0 Å². The lowest BCUT2D eigenvalue weighted by Gasteiger charge is -2.33. The number of nitrogens with zero attached hydrogens (tertiary/aromatic N) is 4. The zero-order valence-electron chi connectivity index (χ0n) is 17.3. The standard InChI is InChI=1S/C23H29ClN4O2/c24-21-8-4-3-7-19(21)16-28-17-20(15-25-28)23(30)27-13-9-18(10-14-27)22(29)26-11-5-1-2-6-12-26/h3-4,7-8,15,17-18H,1-2,5-6,9-14,16H2. The third-order valence-electron chi connectivity index (χ3n) is 6.22. The number of piperidine rings is 1. The van der Waals surface area contributed by atoms with Crippen LogP contribution in [-0.2, 0) is 11.3 Å². The summed E-state index contributed by atoms with van der Waals surface area (Å²) in [5.41, 5.74) is 1.55. The van der Waals surface area contributed by atoms with E-state index < -0.39 is 0 Å². The molecule has 0 radical (unpaired) electrons. The maximum atomic E-state index is 12.9. The van der Waals surface area contributed by atoms with Crippen molar-refractivity contribution in [3.8, 4) is 0 Å². The number of hydrogen-bond donors (Lipinski definition) is 0. The lowest BCUT2D eigenvalue weighted by atomic mass is 9.94. The van der Waals surface area contributed by atoms with Gasteiger partial charge in [0.2, 0.25) is 5.91 Å². The van der Waals surface area contributed by atoms with E-state index >= 15 is 0 Å². The highest BCUT2D eigenvalue weighted by atomic mass is 35.5. The van der Waals surface area contributed by atoms with E-state index in [0.29, 0.717) is 30.2 Å². The Morgan fingerprint density at radius 3 is 2.37 bits per heavy atom. The van der Waals surface area contributed by atoms with Gasteiger partial charge in [0.15, 0.2) is 0 Å². The second-order valence-electron chi connectivity index (χ2n) is 8.32. The van der Waals surface area contributed by atoms with Gasteiger partial charge in [-0.3, -0.25) is 14.3 Å². The zero-order chi connectivity index (χ0) is 20.9. The first kappa shape index (κ1) is 20.9. The van der Waals surface area contributed by atoms with Gasteiger partial charge >= 0.3 is 0 Å². The zero-order valence-corrected chi connectivity index (χ0v) is 18.1. The number of rotatable bonds is 4. The topological polar surface area (TPSA) is 58.4 Å². The Bertz CT molecular complexity index is 881. The van der Waals surface area contributed by atoms with Crippen LogP contribution in [0.1, 0.15) is 54.4 Å². The molecule has 0 spiro atoms. The molecule has 0 atom stereocenters. The summed E-state index contributed by atoms with van der Waals surface area (Å²) < 4.78 is 1.74. The van der Waals surface area contributed by atoms with Crippen LogP contribution in [-0.4, -0.2) is 57.6 Å². The second-order valence-corrected chi connectivity index (χ2v) is 8.73. The average Bonchev–Trinajstić information content (AvgIpc) is 3.06. The SMILES string of the molecule is O=C(c1cnn(Cc2ccccc2Cl)c1)N1CCC(C(=O)N2CCCCCC2)CC1. The van der Waals surface area contributed by atoms with E-state index in [9.17, 15) is 9.59 Å². The van der Waals surface area contributed by atoms with Gasteiger partial charge < -0.3 is 9.80 Å². The fourth-order valence-corrected chi connectivity index (χ4v) is 4.62. The van der Waals surface area contributed by atoms with Gasteiger partial charge in [0.1, 0.15) is 0 Å². The van der Waals surface area contributed by atoms with E-state index in [1.807, 2.05) is 34.1 Å². The Morgan fingerprint density at radius 2 is 1.67 bits per heavy atom. The van der Waals surface area contributed by atoms with Gasteiger partial charge in [-0.2, -0.15) is 5.10 Å². The molecule has 0 bridgehead atoms. The molecule has 2 aromatic rings. The predicted octanol–water partition coefficient (Wildman–Crippen LogP) is 3.84. The highest BCUT2D eigenvalue weighted by Crippen LogP contribution is 2.23. The number of hydrogen-bond acceptors (Lipinski definition) is 3. The Hall–Kier alpha value is -2.34. The van der Waals surface area contributed by atoms with Crippen LogP contribution >= 0.6 is 11.6 Å². The summed E-state index contributed by atoms with van der Waals surface area (Å²) in [5, 5.41) is 5.02. The monoisotopic (exact) mass is 428 g/mol. The molecule has 0 aliphatic carbocycles. The minimum Gasteiger partial charge on any atom is -0.342 e. The fourth-order valence-electron chi connectivity index (χ4n) is 4.42. The maximum absolute atomic E-state index is 12.9. The molecule has 4 rings (SSSR count). The highest BCUT2D eigenvalue weighted by Gasteiger charge is 2.31. The van der Waals surface area contributed by atoms with Crippen molar-refractivity contribution in [2.45, 2.75) is 45.1 Å². The van der Waals surface area contributed by atoms with Gasteiger partial charge in [-0.05, 0) is 37.3 Å². The number of halogens is 1. The van der Waals surface area contributed by atoms with Crippen LogP contribution in [0.3, 0.4) is 0 Å². The third kappa shape index (κ3) is 4.86. The molecule has 1 aromatic heterocycles. The van der Waals surface area contributed by atoms with Crippen LogP contribution < -0.4 is 0 Å². The Kier molecular flexibility index (Phi) is 6.72. The Labute approximate surface area is 182 Å². The van der Waals surface area contributed by atoms with Gasteiger partial charge in [0.25, 0.3) is 5.91 Å². The van der Waals surface area contributed by atoms with E-state index in [-0.39, 0.29) is 17.7 Å². The fraction of sp³-hybridized carbons (Fsp3) is 0.522. The summed E-state index contributed by atoms with van der Waals surface area (Å²) in [6.07, 6.45) is 9.56. The maximum Gasteiger partial charge on any atom is 0.257 e. The molecule has 1 aromatic carbocycles. The van der Waals surface area contributed by atoms with E-state index in [1.165, 1.54) is 12.8 Å². The molecule has 6 nitrogen and oxygen atoms in total. The van der Waals surface area contributed by atoms with E-state index in [2.05, 4.69) is 5.10 Å². The Morgan fingerprint density at radius 1 is 0.967 bits per heavy atom. The minimum atomic E-state index is -0.0129. The van der Waals surface area contributed by atoms with E-state index in [4.69, 9.17) is 11.6 Å². The number of carbonyl (C=O) groups is 2. The second kappa shape index (κ2) is 9.65. The smallest absolute Gasteiger partial charge is 0.257 e. The largest absolute Gasteiger partial charge is 0.342 e. The molecule has 2 saturated heterocycles. The van der Waals surface area contributed by atoms with Crippen LogP contribution in [0, 0.1) is 5.92 Å². The number of amides is 2. The molecule has 30 heavy (non-hydrogen) atoms. The molecule has 2 amide bonds. The summed E-state index contributed by atoms with van der Waals surface area (Å²) in [7, 11) is 0. The molecule has 0 saturated carbocycles. The van der Waals surface area contributed by atoms with Crippen LogP contribution in [0.2, 0.25) is 5.02 Å². The molecule has 2 fully saturated rings. The van der Waals surface area contributed by atoms with E-state index in [0.717, 1.165) is 44.3 Å². The van der Waals surface area contributed by atoms with Crippen LogP contribution in [0.15, 0.2) is 36.7 Å². The molecule has 160 valence electrons. The van der Waals surface area contributed by atoms with Crippen LogP contribution in [0.25, 0.3) is 0 Å². The Balaban J connectivity index is 1.32. The summed E-state index contributed by atoms with van der Waals surface area (Å²) >= 11 is 6.22. The van der Waals surface area contributed by atoms with Crippen molar-refractivity contribution in [3.63, 3.8) is 0 Å². The van der Waals surface area contributed by atoms with Crippen molar-refractivity contribution in [2.24, 2.45) is 5.92 Å². The number of aromatic nitrogens is 2. The first-order chi connectivity index (χ1) is 14.6. The molecule has 0 N–H and O–H groups in total. The van der Waals surface area contributed by atoms with Gasteiger partial charge in [0, 0.05) is 43.3 Å². The number of likely N-dealkylation sites (tertiary alicyclic amines) is 2. The van der Waals surface area contributed by atoms with Crippen LogP contribution in [0.5, 0.6) is 0 Å². The predicted molar refractivity (Wildman–Crippen MR) is 116 cm³/mol. The number of carbonyl (C=O) groups excluding carboxylic acids is 2. The van der Waals surface area contributed by atoms with E-state index in [1.54, 1.807) is 17.1 Å². The molecular formula is C23H29ClN4O2. The lowest BCUT2D eigenvalue weighted by molar-refractivity contribution is -0.136. The first-order valence-corrected chi connectivity index (χ1v) is 11.3. The highest BCUT2D eigenvalue weighted by molar-refractivity contribution is 6.31. The van der Waals surface area contributed by atoms with Crippen molar-refractivity contribution in [1.82, 2.24) is 19.6 Å². The van der Waals surface area contributed by atoms with Gasteiger partial charge in [-0.15, -0.1) is 0 Å². The van der Waals surface area contributed by atoms with Gasteiger partial charge in [-0.1, -0.05) is 42.6 Å². The third-order valence-corrected chi connectivity index (χ3v) is 6.59. The average molecular weight is 429 g/mol.